The summed E-state index contributed by atoms with van der Waals surface area (Å²) in [5, 5.41) is 9.61. The highest BCUT2D eigenvalue weighted by molar-refractivity contribution is 5.70. The fourth-order valence-corrected chi connectivity index (χ4v) is 6.29. The van der Waals surface area contributed by atoms with Crippen LogP contribution < -0.4 is 0 Å². The molecule has 1 atom stereocenters. The summed E-state index contributed by atoms with van der Waals surface area (Å²) in [4.78, 5) is 24.4. The Labute approximate surface area is 358 Å². The molecular formula is C53H88O5. The lowest BCUT2D eigenvalue weighted by Gasteiger charge is -2.15. The minimum Gasteiger partial charge on any atom is -0.462 e. The number of allylic oxidation sites excluding steroid dienone is 16. The molecule has 0 bridgehead atoms. The number of carbonyl (C=O) groups excluding carboxylic acids is 2. The third-order valence-electron chi connectivity index (χ3n) is 9.86. The first-order valence-electron chi connectivity index (χ1n) is 23.8. The lowest BCUT2D eigenvalue weighted by Crippen LogP contribution is -2.28. The molecule has 0 aliphatic rings. The Balaban J connectivity index is 3.62. The molecule has 1 N–H and O–H groups in total. The van der Waals surface area contributed by atoms with Crippen molar-refractivity contribution >= 4 is 11.9 Å². The molecule has 0 heterocycles. The number of aliphatic hydroxyl groups excluding tert-OH is 1. The van der Waals surface area contributed by atoms with Crippen LogP contribution in [0.5, 0.6) is 0 Å². The van der Waals surface area contributed by atoms with Crippen molar-refractivity contribution in [2.24, 2.45) is 0 Å². The van der Waals surface area contributed by atoms with E-state index < -0.39 is 6.10 Å². The fraction of sp³-hybridized carbons (Fsp3) is 0.660. The Bertz CT molecular complexity index is 1140. The van der Waals surface area contributed by atoms with Crippen molar-refractivity contribution in [1.82, 2.24) is 0 Å². The molecule has 0 aromatic rings. The molecule has 5 heteroatoms. The van der Waals surface area contributed by atoms with E-state index in [1.165, 1.54) is 70.6 Å². The van der Waals surface area contributed by atoms with Gasteiger partial charge in [-0.1, -0.05) is 195 Å². The number of hydrogen-bond donors (Lipinski definition) is 1. The summed E-state index contributed by atoms with van der Waals surface area (Å²) in [5.74, 6) is -0.626. The summed E-state index contributed by atoms with van der Waals surface area (Å²) in [7, 11) is 0. The van der Waals surface area contributed by atoms with Gasteiger partial charge in [0, 0.05) is 12.8 Å². The van der Waals surface area contributed by atoms with E-state index in [2.05, 4.69) is 111 Å². The van der Waals surface area contributed by atoms with E-state index in [9.17, 15) is 14.7 Å². The SMILES string of the molecule is CC/C=C\C/C=C\C/C=C\C/C=C\C/C=C\CCCCCCCC(=O)OC(CO)COC(=O)CCCCCCCCCC/C=C\C/C=C\C/C=C\CCCCCCC. The Morgan fingerprint density at radius 3 is 1.12 bits per heavy atom. The van der Waals surface area contributed by atoms with Crippen molar-refractivity contribution in [2.45, 2.75) is 213 Å². The average Bonchev–Trinajstić information content (AvgIpc) is 3.23. The van der Waals surface area contributed by atoms with Crippen molar-refractivity contribution in [3.05, 3.63) is 97.2 Å². The highest BCUT2D eigenvalue weighted by Crippen LogP contribution is 2.13. The van der Waals surface area contributed by atoms with Crippen LogP contribution in [0.3, 0.4) is 0 Å². The van der Waals surface area contributed by atoms with Gasteiger partial charge >= 0.3 is 11.9 Å². The van der Waals surface area contributed by atoms with Crippen molar-refractivity contribution in [2.75, 3.05) is 13.2 Å². The Hall–Kier alpha value is -3.18. The van der Waals surface area contributed by atoms with Gasteiger partial charge in [-0.25, -0.2) is 0 Å². The zero-order chi connectivity index (χ0) is 42.1. The number of ether oxygens (including phenoxy) is 2. The van der Waals surface area contributed by atoms with Crippen molar-refractivity contribution in [3.8, 4) is 0 Å². The lowest BCUT2D eigenvalue weighted by atomic mass is 10.1. The van der Waals surface area contributed by atoms with E-state index in [0.717, 1.165) is 109 Å². The first-order valence-corrected chi connectivity index (χ1v) is 23.8. The molecule has 0 spiro atoms. The summed E-state index contributed by atoms with van der Waals surface area (Å²) in [6.07, 6.45) is 67.6. The minimum atomic E-state index is -0.792. The van der Waals surface area contributed by atoms with Crippen molar-refractivity contribution in [1.29, 1.82) is 0 Å². The number of hydrogen-bond acceptors (Lipinski definition) is 5. The van der Waals surface area contributed by atoms with E-state index in [0.29, 0.717) is 12.8 Å². The van der Waals surface area contributed by atoms with Gasteiger partial charge in [-0.3, -0.25) is 9.59 Å². The molecule has 1 unspecified atom stereocenters. The molecule has 0 radical (unpaired) electrons. The third kappa shape index (κ3) is 45.5. The monoisotopic (exact) mass is 805 g/mol. The second kappa shape index (κ2) is 48.2. The van der Waals surface area contributed by atoms with Gasteiger partial charge in [-0.2, -0.15) is 0 Å². The van der Waals surface area contributed by atoms with Crippen molar-refractivity contribution < 1.29 is 24.2 Å². The van der Waals surface area contributed by atoms with Gasteiger partial charge in [0.1, 0.15) is 6.61 Å². The van der Waals surface area contributed by atoms with Crippen LogP contribution in [0.2, 0.25) is 0 Å². The van der Waals surface area contributed by atoms with Crippen LogP contribution in [0, 0.1) is 0 Å². The molecule has 0 aliphatic carbocycles. The predicted molar refractivity (Wildman–Crippen MR) is 251 cm³/mol. The topological polar surface area (TPSA) is 72.8 Å². The molecule has 0 aliphatic heterocycles. The van der Waals surface area contributed by atoms with Gasteiger partial charge < -0.3 is 14.6 Å². The molecule has 0 aromatic carbocycles. The Morgan fingerprint density at radius 1 is 0.414 bits per heavy atom. The van der Waals surface area contributed by atoms with Crippen LogP contribution in [0.4, 0.5) is 0 Å². The van der Waals surface area contributed by atoms with Gasteiger partial charge in [0.05, 0.1) is 6.61 Å². The second-order valence-electron chi connectivity index (χ2n) is 15.4. The van der Waals surface area contributed by atoms with Crippen LogP contribution in [-0.2, 0) is 19.1 Å². The van der Waals surface area contributed by atoms with E-state index in [-0.39, 0.29) is 25.2 Å². The van der Waals surface area contributed by atoms with E-state index >= 15 is 0 Å². The van der Waals surface area contributed by atoms with E-state index in [4.69, 9.17) is 9.47 Å². The summed E-state index contributed by atoms with van der Waals surface area (Å²) in [6, 6.07) is 0. The van der Waals surface area contributed by atoms with Crippen molar-refractivity contribution in [3.63, 3.8) is 0 Å². The van der Waals surface area contributed by atoms with Gasteiger partial charge in [0.2, 0.25) is 0 Å². The first-order chi connectivity index (χ1) is 28.6. The molecular weight excluding hydrogens is 717 g/mol. The standard InChI is InChI=1S/C53H88O5/c1-3-5-7-9-11-13-15-17-19-21-23-25-26-28-29-31-33-35-37-39-41-43-45-47-52(55)57-50-51(49-54)58-53(56)48-46-44-42-40-38-36-34-32-30-27-24-22-20-18-16-14-12-10-8-6-4-2/h6,8,12,14-15,17-18,20-21,23-24,26-28,32,34,51,54H,3-5,7,9-11,13,16,19,22,25,29-31,33,35-50H2,1-2H3/b8-6-,14-12-,17-15-,20-18-,23-21-,27-24-,28-26-,34-32-. The zero-order valence-corrected chi connectivity index (χ0v) is 37.5. The molecule has 0 aromatic heterocycles. The van der Waals surface area contributed by atoms with Crippen LogP contribution in [0.1, 0.15) is 206 Å². The molecule has 0 rings (SSSR count). The minimum absolute atomic E-state index is 0.0836. The number of esters is 2. The summed E-state index contributed by atoms with van der Waals surface area (Å²) < 4.78 is 10.6. The quantitative estimate of drug-likeness (QED) is 0.0378. The van der Waals surface area contributed by atoms with Gasteiger partial charge in [0.15, 0.2) is 6.10 Å². The van der Waals surface area contributed by atoms with E-state index in [1.807, 2.05) is 0 Å². The highest BCUT2D eigenvalue weighted by Gasteiger charge is 2.16. The second-order valence-corrected chi connectivity index (χ2v) is 15.4. The van der Waals surface area contributed by atoms with Crippen LogP contribution >= 0.6 is 0 Å². The molecule has 5 nitrogen and oxygen atoms in total. The van der Waals surface area contributed by atoms with Gasteiger partial charge in [-0.15, -0.1) is 0 Å². The molecule has 58 heavy (non-hydrogen) atoms. The Morgan fingerprint density at radius 2 is 0.741 bits per heavy atom. The molecule has 0 amide bonds. The maximum atomic E-state index is 12.2. The fourth-order valence-electron chi connectivity index (χ4n) is 6.29. The summed E-state index contributed by atoms with van der Waals surface area (Å²) in [5.41, 5.74) is 0. The normalized spacial score (nSPS) is 13.1. The number of aliphatic hydroxyl groups is 1. The van der Waals surface area contributed by atoms with E-state index in [1.54, 1.807) is 0 Å². The molecule has 0 saturated heterocycles. The van der Waals surface area contributed by atoms with Crippen LogP contribution in [-0.4, -0.2) is 36.4 Å². The molecule has 0 saturated carbocycles. The molecule has 0 fully saturated rings. The number of carbonyl (C=O) groups is 2. The number of unbranched alkanes of at least 4 members (excludes halogenated alkanes) is 18. The van der Waals surface area contributed by atoms with Gasteiger partial charge in [-0.05, 0) is 96.3 Å². The van der Waals surface area contributed by atoms with Gasteiger partial charge in [0.25, 0.3) is 0 Å². The van der Waals surface area contributed by atoms with Crippen LogP contribution in [0.25, 0.3) is 0 Å². The third-order valence-corrected chi connectivity index (χ3v) is 9.86. The first kappa shape index (κ1) is 54.8. The highest BCUT2D eigenvalue weighted by atomic mass is 16.6. The largest absolute Gasteiger partial charge is 0.462 e. The van der Waals surface area contributed by atoms with Crippen LogP contribution in [0.15, 0.2) is 97.2 Å². The zero-order valence-electron chi connectivity index (χ0n) is 37.5. The lowest BCUT2D eigenvalue weighted by molar-refractivity contribution is -0.161. The predicted octanol–water partition coefficient (Wildman–Crippen LogP) is 15.6. The summed E-state index contributed by atoms with van der Waals surface area (Å²) in [6.45, 7) is 3.99. The average molecular weight is 805 g/mol. The Kier molecular flexibility index (Phi) is 45.5. The molecule has 330 valence electrons. The maximum absolute atomic E-state index is 12.2. The summed E-state index contributed by atoms with van der Waals surface area (Å²) >= 11 is 0. The smallest absolute Gasteiger partial charge is 0.306 e. The number of rotatable bonds is 42. The maximum Gasteiger partial charge on any atom is 0.306 e.